The topological polar surface area (TPSA) is 172 Å². The average Bonchev–Trinajstić information content (AvgIpc) is 3.70. The highest BCUT2D eigenvalue weighted by atomic mass is 16.5. The van der Waals surface area contributed by atoms with Crippen molar-refractivity contribution in [2.24, 2.45) is 11.3 Å². The number of benzene rings is 2. The van der Waals surface area contributed by atoms with Crippen molar-refractivity contribution in [3.8, 4) is 22.8 Å². The van der Waals surface area contributed by atoms with Crippen LogP contribution in [0.2, 0.25) is 0 Å². The molecule has 15 heteroatoms. The van der Waals surface area contributed by atoms with Crippen LogP contribution < -0.4 is 15.8 Å². The number of aromatic nitrogens is 4. The number of carbonyl (C=O) groups is 4. The SMILES string of the molecule is Nc1ncnc2c1c(-c1ccc(Oc3ccccc3)cc1)nn2C1CCC2(CC1)CN(C1CN(C3CN(C4=CCC5C(=O)N(C6CCC(=O)NC6=O)C(=O)C5=C4)C3)C1)C2. The molecule has 5 aliphatic heterocycles. The van der Waals surface area contributed by atoms with Crippen LogP contribution in [0.4, 0.5) is 5.82 Å². The fraction of sp³-hybridized carbons (Fsp3) is 0.432. The van der Waals surface area contributed by atoms with E-state index in [4.69, 9.17) is 15.6 Å². The Morgan fingerprint density at radius 2 is 1.54 bits per heavy atom. The van der Waals surface area contributed by atoms with Gasteiger partial charge in [-0.25, -0.2) is 14.6 Å². The Hall–Kier alpha value is -5.93. The summed E-state index contributed by atoms with van der Waals surface area (Å²) in [6.07, 6.45) is 10.6. The molecular formula is C44H46N10O5. The number of imide groups is 2. The lowest BCUT2D eigenvalue weighted by atomic mass is 9.66. The number of carbonyl (C=O) groups excluding carboxylic acids is 4. The zero-order valence-electron chi connectivity index (χ0n) is 32.7. The maximum absolute atomic E-state index is 13.4. The molecule has 15 nitrogen and oxygen atoms in total. The van der Waals surface area contributed by atoms with Gasteiger partial charge in [0, 0.05) is 74.6 Å². The van der Waals surface area contributed by atoms with E-state index in [1.807, 2.05) is 60.7 Å². The Balaban J connectivity index is 0.666. The molecule has 4 amide bonds. The summed E-state index contributed by atoms with van der Waals surface area (Å²) in [6.45, 7) is 6.25. The van der Waals surface area contributed by atoms with Crippen LogP contribution in [0.15, 0.2) is 84.3 Å². The van der Waals surface area contributed by atoms with E-state index < -0.39 is 23.8 Å². The van der Waals surface area contributed by atoms with Gasteiger partial charge in [0.1, 0.15) is 35.4 Å². The van der Waals surface area contributed by atoms with E-state index in [0.29, 0.717) is 35.3 Å². The van der Waals surface area contributed by atoms with E-state index in [0.717, 1.165) is 109 Å². The maximum atomic E-state index is 13.4. The van der Waals surface area contributed by atoms with E-state index >= 15 is 0 Å². The smallest absolute Gasteiger partial charge is 0.258 e. The summed E-state index contributed by atoms with van der Waals surface area (Å²) in [4.78, 5) is 68.3. The Morgan fingerprint density at radius 1 is 0.814 bits per heavy atom. The van der Waals surface area contributed by atoms with Crippen molar-refractivity contribution in [1.29, 1.82) is 0 Å². The molecule has 2 atom stereocenters. The number of hydrogen-bond acceptors (Lipinski definition) is 12. The van der Waals surface area contributed by atoms with Crippen molar-refractivity contribution < 1.29 is 23.9 Å². The van der Waals surface area contributed by atoms with E-state index in [9.17, 15) is 19.2 Å². The standard InChI is InChI=1S/C44H46N10O5/c45-39-37-38(26-6-9-32(10-7-26)59-31-4-2-1-3-5-31)49-54(40(37)47-25-46-39)27-14-16-44(17-15-27)23-52(24-44)30-21-51(22-30)29-19-50(20-29)28-8-11-33-34(18-28)43(58)53(42(33)57)35-12-13-36(55)48-41(35)56/h1-10,18,25,27,29-30,33,35H,11-17,19-24H2,(H2,45,46,47)(H,48,55,56). The molecule has 7 heterocycles. The third kappa shape index (κ3) is 6.12. The summed E-state index contributed by atoms with van der Waals surface area (Å²) in [5.41, 5.74) is 10.8. The number of fused-ring (bicyclic) bond motifs is 2. The second-order valence-corrected chi connectivity index (χ2v) is 17.5. The number of piperidine rings is 1. The van der Waals surface area contributed by atoms with Crippen molar-refractivity contribution in [3.05, 3.63) is 84.3 Å². The number of nitrogens with one attached hydrogen (secondary N) is 1. The van der Waals surface area contributed by atoms with Gasteiger partial charge in [-0.15, -0.1) is 0 Å². The van der Waals surface area contributed by atoms with Crippen LogP contribution in [-0.2, 0) is 19.2 Å². The lowest BCUT2D eigenvalue weighted by Gasteiger charge is -2.61. The van der Waals surface area contributed by atoms with E-state index in [-0.39, 0.29) is 30.7 Å². The van der Waals surface area contributed by atoms with Crippen molar-refractivity contribution in [2.45, 2.75) is 69.1 Å². The van der Waals surface area contributed by atoms with Crippen LogP contribution in [0.25, 0.3) is 22.3 Å². The molecule has 7 aliphatic rings. The quantitative estimate of drug-likeness (QED) is 0.249. The van der Waals surface area contributed by atoms with Gasteiger partial charge in [0.25, 0.3) is 5.91 Å². The number of nitrogens with zero attached hydrogens (tertiary/aromatic N) is 8. The molecule has 11 rings (SSSR count). The summed E-state index contributed by atoms with van der Waals surface area (Å²) >= 11 is 0. The summed E-state index contributed by atoms with van der Waals surface area (Å²) in [5, 5.41) is 8.22. The Bertz CT molecular complexity index is 2440. The van der Waals surface area contributed by atoms with Crippen LogP contribution in [0.3, 0.4) is 0 Å². The number of ether oxygens (including phenoxy) is 1. The van der Waals surface area contributed by atoms with E-state index in [2.05, 4.69) is 40.7 Å². The summed E-state index contributed by atoms with van der Waals surface area (Å²) in [5.74, 6) is -0.259. The molecular weight excluding hydrogens is 749 g/mol. The average molecular weight is 795 g/mol. The highest BCUT2D eigenvalue weighted by Gasteiger charge is 2.53. The number of likely N-dealkylation sites (tertiary alicyclic amines) is 4. The van der Waals surface area contributed by atoms with Gasteiger partial charge in [-0.3, -0.25) is 39.2 Å². The first-order valence-corrected chi connectivity index (χ1v) is 20.9. The third-order valence-corrected chi connectivity index (χ3v) is 14.0. The van der Waals surface area contributed by atoms with Gasteiger partial charge >= 0.3 is 0 Å². The molecule has 2 unspecified atom stereocenters. The predicted octanol–water partition coefficient (Wildman–Crippen LogP) is 3.66. The molecule has 6 fully saturated rings. The molecule has 2 aliphatic carbocycles. The first kappa shape index (κ1) is 36.2. The van der Waals surface area contributed by atoms with Crippen LogP contribution in [0, 0.1) is 11.3 Å². The van der Waals surface area contributed by atoms with Gasteiger partial charge in [-0.2, -0.15) is 5.10 Å². The number of nitrogen functional groups attached to an aromatic ring is 1. The zero-order chi connectivity index (χ0) is 40.0. The number of para-hydroxylation sites is 1. The molecule has 4 aromatic rings. The number of hydrogen-bond donors (Lipinski definition) is 2. The third-order valence-electron chi connectivity index (χ3n) is 14.0. The molecule has 0 radical (unpaired) electrons. The van der Waals surface area contributed by atoms with Crippen LogP contribution in [0.5, 0.6) is 11.5 Å². The fourth-order valence-electron chi connectivity index (χ4n) is 10.5. The summed E-state index contributed by atoms with van der Waals surface area (Å²) in [7, 11) is 0. The first-order chi connectivity index (χ1) is 28.7. The minimum atomic E-state index is -0.920. The second-order valence-electron chi connectivity index (χ2n) is 17.5. The van der Waals surface area contributed by atoms with Crippen molar-refractivity contribution in [3.63, 3.8) is 0 Å². The fourth-order valence-corrected chi connectivity index (χ4v) is 10.5. The van der Waals surface area contributed by atoms with Crippen molar-refractivity contribution in [1.82, 2.24) is 44.7 Å². The molecule has 5 saturated heterocycles. The second kappa shape index (κ2) is 13.8. The zero-order valence-corrected chi connectivity index (χ0v) is 32.7. The molecule has 59 heavy (non-hydrogen) atoms. The van der Waals surface area contributed by atoms with Crippen LogP contribution in [0.1, 0.15) is 51.0 Å². The molecule has 0 bridgehead atoms. The molecule has 2 aromatic heterocycles. The Labute approximate surface area is 340 Å². The normalized spacial score (nSPS) is 25.4. The van der Waals surface area contributed by atoms with E-state index in [1.54, 1.807) is 0 Å². The van der Waals surface area contributed by atoms with Gasteiger partial charge in [-0.1, -0.05) is 24.3 Å². The molecule has 1 spiro atoms. The van der Waals surface area contributed by atoms with Gasteiger partial charge < -0.3 is 15.4 Å². The van der Waals surface area contributed by atoms with Crippen molar-refractivity contribution in [2.75, 3.05) is 45.0 Å². The van der Waals surface area contributed by atoms with Gasteiger partial charge in [0.15, 0.2) is 5.65 Å². The van der Waals surface area contributed by atoms with Gasteiger partial charge in [0.2, 0.25) is 17.7 Å². The largest absolute Gasteiger partial charge is 0.457 e. The monoisotopic (exact) mass is 794 g/mol. The van der Waals surface area contributed by atoms with Gasteiger partial charge in [-0.05, 0) is 86.4 Å². The first-order valence-electron chi connectivity index (χ1n) is 20.9. The van der Waals surface area contributed by atoms with E-state index in [1.165, 1.54) is 6.33 Å². The number of anilines is 1. The number of nitrogens with two attached hydrogens (primary N) is 1. The molecule has 1 saturated carbocycles. The minimum absolute atomic E-state index is 0.121. The van der Waals surface area contributed by atoms with Crippen LogP contribution >= 0.6 is 0 Å². The lowest BCUT2D eigenvalue weighted by Crippen LogP contribution is -2.73. The highest BCUT2D eigenvalue weighted by Crippen LogP contribution is 2.49. The highest BCUT2D eigenvalue weighted by molar-refractivity contribution is 6.18. The predicted molar refractivity (Wildman–Crippen MR) is 216 cm³/mol. The number of rotatable bonds is 8. The molecule has 2 aromatic carbocycles. The molecule has 3 N–H and O–H groups in total. The van der Waals surface area contributed by atoms with Gasteiger partial charge in [0.05, 0.1) is 17.3 Å². The number of allylic oxidation sites excluding steroid dienone is 2. The Kier molecular flexibility index (Phi) is 8.48. The molecule has 302 valence electrons. The van der Waals surface area contributed by atoms with Crippen LogP contribution in [-0.4, -0.2) is 120 Å². The summed E-state index contributed by atoms with van der Waals surface area (Å²) in [6, 6.07) is 18.1. The number of amides is 4. The van der Waals surface area contributed by atoms with Crippen molar-refractivity contribution >= 4 is 40.5 Å². The maximum Gasteiger partial charge on any atom is 0.258 e. The summed E-state index contributed by atoms with van der Waals surface area (Å²) < 4.78 is 8.12. The lowest BCUT2D eigenvalue weighted by molar-refractivity contribution is -0.150. The Morgan fingerprint density at radius 3 is 2.29 bits per heavy atom. The minimum Gasteiger partial charge on any atom is -0.457 e.